The number of carbonyl (C=O) groups is 1. The van der Waals surface area contributed by atoms with E-state index < -0.39 is 0 Å². The van der Waals surface area contributed by atoms with Gasteiger partial charge < -0.3 is 30.0 Å². The van der Waals surface area contributed by atoms with Crippen LogP contribution in [0, 0.1) is 6.92 Å². The molecule has 10 heteroatoms. The first kappa shape index (κ1) is 23.6. The van der Waals surface area contributed by atoms with Gasteiger partial charge in [0, 0.05) is 62.6 Å². The number of amides is 1. The summed E-state index contributed by atoms with van der Waals surface area (Å²) in [5.41, 5.74) is 5.04. The van der Waals surface area contributed by atoms with Gasteiger partial charge in [0.2, 0.25) is 0 Å². The molecular weight excluding hydrogens is 468 g/mol. The number of pyridine rings is 1. The number of hydrogen-bond donors (Lipinski definition) is 3. The second kappa shape index (κ2) is 9.60. The van der Waals surface area contributed by atoms with Crippen molar-refractivity contribution in [2.75, 3.05) is 36.4 Å². The van der Waals surface area contributed by atoms with Crippen LogP contribution in [0.5, 0.6) is 5.75 Å². The predicted octanol–water partition coefficient (Wildman–Crippen LogP) is 2.77. The number of ether oxygens (including phenoxy) is 1. The number of nitrogens with zero attached hydrogens (tertiary/aromatic N) is 5. The molecule has 3 N–H and O–H groups in total. The third-order valence-electron chi connectivity index (χ3n) is 6.95. The van der Waals surface area contributed by atoms with E-state index in [1.54, 1.807) is 12.4 Å². The third-order valence-corrected chi connectivity index (χ3v) is 6.95. The smallest absolute Gasteiger partial charge is 0.257 e. The van der Waals surface area contributed by atoms with E-state index in [2.05, 4.69) is 49.6 Å². The van der Waals surface area contributed by atoms with Crippen molar-refractivity contribution in [3.8, 4) is 5.75 Å². The van der Waals surface area contributed by atoms with Crippen LogP contribution in [0.1, 0.15) is 36.3 Å². The van der Waals surface area contributed by atoms with E-state index >= 15 is 0 Å². The number of aromatic nitrogens is 4. The Bertz CT molecular complexity index is 1450. The summed E-state index contributed by atoms with van der Waals surface area (Å²) in [7, 11) is 0. The standard InChI is InChI=1S/C27H32N8O2/c1-16-12-34(13-17(2)31-16)22-5-4-21(24-25(22)30-9-8-29-24)27(36)33-19-10-23(37-20-6-7-28-11-20)26-32-18(3)14-35(26)15-19/h4-5,8-10,14-17,20,28,31H,6-7,11-13H2,1-3H3,(H,33,36). The topological polar surface area (TPSA) is 109 Å². The Hall–Kier alpha value is -3.76. The van der Waals surface area contributed by atoms with Crippen molar-refractivity contribution in [2.24, 2.45) is 0 Å². The maximum atomic E-state index is 13.5. The fraction of sp³-hybridized carbons (Fsp3) is 0.407. The molecule has 1 aromatic carbocycles. The van der Waals surface area contributed by atoms with Crippen LogP contribution in [-0.4, -0.2) is 69.6 Å². The normalized spacial score (nSPS) is 22.0. The Kier molecular flexibility index (Phi) is 6.13. The average molecular weight is 501 g/mol. The molecule has 4 aromatic rings. The first-order chi connectivity index (χ1) is 17.9. The predicted molar refractivity (Wildman–Crippen MR) is 144 cm³/mol. The lowest BCUT2D eigenvalue weighted by atomic mass is 10.1. The highest BCUT2D eigenvalue weighted by atomic mass is 16.5. The molecule has 5 heterocycles. The fourth-order valence-electron chi connectivity index (χ4n) is 5.46. The molecule has 3 atom stereocenters. The van der Waals surface area contributed by atoms with Gasteiger partial charge in [-0.2, -0.15) is 0 Å². The summed E-state index contributed by atoms with van der Waals surface area (Å²) in [4.78, 5) is 29.7. The van der Waals surface area contributed by atoms with Crippen molar-refractivity contribution in [3.63, 3.8) is 0 Å². The molecule has 37 heavy (non-hydrogen) atoms. The lowest BCUT2D eigenvalue weighted by Crippen LogP contribution is -2.54. The van der Waals surface area contributed by atoms with E-state index in [0.717, 1.165) is 55.1 Å². The zero-order valence-corrected chi connectivity index (χ0v) is 21.4. The second-order valence-electron chi connectivity index (χ2n) is 10.2. The van der Waals surface area contributed by atoms with Gasteiger partial charge in [-0.15, -0.1) is 0 Å². The third kappa shape index (κ3) is 4.70. The van der Waals surface area contributed by atoms with E-state index in [4.69, 9.17) is 4.74 Å². The summed E-state index contributed by atoms with van der Waals surface area (Å²) in [6.45, 7) is 9.76. The number of rotatable bonds is 5. The van der Waals surface area contributed by atoms with Gasteiger partial charge >= 0.3 is 0 Å². The summed E-state index contributed by atoms with van der Waals surface area (Å²) in [5.74, 6) is 0.408. The average Bonchev–Trinajstić information content (AvgIpc) is 3.51. The molecule has 1 amide bonds. The Morgan fingerprint density at radius 2 is 1.89 bits per heavy atom. The maximum absolute atomic E-state index is 13.5. The van der Waals surface area contributed by atoms with Crippen LogP contribution in [-0.2, 0) is 0 Å². The van der Waals surface area contributed by atoms with Gasteiger partial charge in [-0.1, -0.05) is 0 Å². The lowest BCUT2D eigenvalue weighted by molar-refractivity contribution is 0.102. The number of aryl methyl sites for hydroxylation is 1. The molecular formula is C27H32N8O2. The highest BCUT2D eigenvalue weighted by molar-refractivity contribution is 6.13. The van der Waals surface area contributed by atoms with Gasteiger partial charge in [-0.05, 0) is 45.9 Å². The number of nitrogens with one attached hydrogen (secondary N) is 3. The molecule has 0 radical (unpaired) electrons. The van der Waals surface area contributed by atoms with E-state index in [9.17, 15) is 4.79 Å². The number of carbonyl (C=O) groups excluding carboxylic acids is 1. The van der Waals surface area contributed by atoms with Crippen molar-refractivity contribution in [3.05, 3.63) is 54.2 Å². The number of fused-ring (bicyclic) bond motifs is 2. The largest absolute Gasteiger partial charge is 0.485 e. The van der Waals surface area contributed by atoms with Crippen LogP contribution in [0.15, 0.2) is 43.0 Å². The highest BCUT2D eigenvalue weighted by Crippen LogP contribution is 2.30. The van der Waals surface area contributed by atoms with E-state index in [1.165, 1.54) is 0 Å². The summed E-state index contributed by atoms with van der Waals surface area (Å²) in [5, 5.41) is 9.94. The van der Waals surface area contributed by atoms with E-state index in [0.29, 0.717) is 34.6 Å². The van der Waals surface area contributed by atoms with Crippen molar-refractivity contribution in [1.29, 1.82) is 0 Å². The van der Waals surface area contributed by atoms with Crippen molar-refractivity contribution in [2.45, 2.75) is 45.4 Å². The second-order valence-corrected chi connectivity index (χ2v) is 10.2. The van der Waals surface area contributed by atoms with Crippen LogP contribution in [0.25, 0.3) is 16.7 Å². The molecule has 2 saturated heterocycles. The van der Waals surface area contributed by atoms with Crippen LogP contribution < -0.4 is 25.6 Å². The number of imidazole rings is 1. The Balaban J connectivity index is 1.32. The van der Waals surface area contributed by atoms with Crippen molar-refractivity contribution < 1.29 is 9.53 Å². The van der Waals surface area contributed by atoms with Crippen molar-refractivity contribution >= 4 is 34.0 Å². The minimum absolute atomic E-state index is 0.0777. The van der Waals surface area contributed by atoms with Gasteiger partial charge in [-0.3, -0.25) is 14.8 Å². The zero-order valence-electron chi connectivity index (χ0n) is 21.4. The van der Waals surface area contributed by atoms with Gasteiger partial charge in [0.25, 0.3) is 5.91 Å². The SMILES string of the molecule is Cc1cn2cc(NC(=O)c3ccc(N4CC(C)NC(C)C4)c4nccnc34)cc(OC3CCNC3)c2n1. The highest BCUT2D eigenvalue weighted by Gasteiger charge is 2.25. The molecule has 2 aliphatic rings. The van der Waals surface area contributed by atoms with Crippen molar-refractivity contribution in [1.82, 2.24) is 30.0 Å². The van der Waals surface area contributed by atoms with Gasteiger partial charge in [-0.25, -0.2) is 4.98 Å². The van der Waals surface area contributed by atoms with Crippen LogP contribution in [0.3, 0.4) is 0 Å². The minimum Gasteiger partial charge on any atom is -0.485 e. The Labute approximate surface area is 215 Å². The molecule has 0 spiro atoms. The van der Waals surface area contributed by atoms with Gasteiger partial charge in [0.05, 0.1) is 22.6 Å². The number of hydrogen-bond acceptors (Lipinski definition) is 8. The molecule has 0 bridgehead atoms. The maximum Gasteiger partial charge on any atom is 0.257 e. The van der Waals surface area contributed by atoms with Gasteiger partial charge in [0.1, 0.15) is 17.1 Å². The van der Waals surface area contributed by atoms with Crippen LogP contribution in [0.2, 0.25) is 0 Å². The molecule has 0 aliphatic carbocycles. The monoisotopic (exact) mass is 500 g/mol. The summed E-state index contributed by atoms with van der Waals surface area (Å²) in [6, 6.07) is 6.40. The number of piperazine rings is 1. The van der Waals surface area contributed by atoms with E-state index in [-0.39, 0.29) is 12.0 Å². The molecule has 2 aliphatic heterocycles. The molecule has 192 valence electrons. The molecule has 6 rings (SSSR count). The number of benzene rings is 1. The first-order valence-electron chi connectivity index (χ1n) is 12.9. The quantitative estimate of drug-likeness (QED) is 0.384. The lowest BCUT2D eigenvalue weighted by Gasteiger charge is -2.38. The molecule has 10 nitrogen and oxygen atoms in total. The molecule has 3 unspecified atom stereocenters. The Morgan fingerprint density at radius 3 is 2.65 bits per heavy atom. The Morgan fingerprint density at radius 1 is 1.11 bits per heavy atom. The first-order valence-corrected chi connectivity index (χ1v) is 12.9. The summed E-state index contributed by atoms with van der Waals surface area (Å²) in [6.07, 6.45) is 8.11. The van der Waals surface area contributed by atoms with Gasteiger partial charge in [0.15, 0.2) is 11.4 Å². The fourth-order valence-corrected chi connectivity index (χ4v) is 5.46. The van der Waals surface area contributed by atoms with E-state index in [1.807, 2.05) is 41.9 Å². The van der Waals surface area contributed by atoms with Crippen LogP contribution in [0.4, 0.5) is 11.4 Å². The molecule has 3 aromatic heterocycles. The summed E-state index contributed by atoms with van der Waals surface area (Å²) < 4.78 is 8.17. The van der Waals surface area contributed by atoms with Crippen LogP contribution >= 0.6 is 0 Å². The minimum atomic E-state index is -0.247. The summed E-state index contributed by atoms with van der Waals surface area (Å²) >= 11 is 0. The zero-order chi connectivity index (χ0) is 25.5. The molecule has 2 fully saturated rings. The number of anilines is 2. The molecule has 0 saturated carbocycles.